The van der Waals surface area contributed by atoms with Gasteiger partial charge in [-0.1, -0.05) is 28.1 Å². The lowest BCUT2D eigenvalue weighted by Gasteiger charge is -2.36. The molecular formula is C12H11BrF4N2O. The lowest BCUT2D eigenvalue weighted by atomic mass is 9.85. The van der Waals surface area contributed by atoms with Gasteiger partial charge in [0, 0.05) is 10.9 Å². The molecule has 2 rings (SSSR count). The fourth-order valence-electron chi connectivity index (χ4n) is 2.08. The third-order valence-corrected chi connectivity index (χ3v) is 3.55. The number of halogens is 5. The second kappa shape index (κ2) is 5.23. The SMILES string of the molecule is NC1=NC(CF)(c2cccc(Br)c2)CC(C(F)(F)F)O1. The maximum atomic E-state index is 13.5. The fraction of sp³-hybridized carbons (Fsp3) is 0.417. The van der Waals surface area contributed by atoms with Crippen molar-refractivity contribution < 1.29 is 22.3 Å². The normalized spacial score (nSPS) is 26.9. The Hall–Kier alpha value is -1.31. The lowest BCUT2D eigenvalue weighted by Crippen LogP contribution is -2.47. The number of ether oxygens (including phenoxy) is 1. The van der Waals surface area contributed by atoms with Gasteiger partial charge in [-0.3, -0.25) is 0 Å². The molecule has 0 fully saturated rings. The molecule has 3 nitrogen and oxygen atoms in total. The van der Waals surface area contributed by atoms with E-state index in [0.717, 1.165) is 0 Å². The molecule has 0 aliphatic carbocycles. The van der Waals surface area contributed by atoms with Gasteiger partial charge in [-0.25, -0.2) is 9.38 Å². The molecule has 2 N–H and O–H groups in total. The third-order valence-electron chi connectivity index (χ3n) is 3.06. The number of hydrogen-bond donors (Lipinski definition) is 1. The number of hydrogen-bond acceptors (Lipinski definition) is 3. The molecule has 1 heterocycles. The van der Waals surface area contributed by atoms with E-state index in [4.69, 9.17) is 5.73 Å². The van der Waals surface area contributed by atoms with Crippen molar-refractivity contribution in [2.75, 3.05) is 6.67 Å². The summed E-state index contributed by atoms with van der Waals surface area (Å²) in [4.78, 5) is 3.78. The van der Waals surface area contributed by atoms with Gasteiger partial charge in [-0.15, -0.1) is 0 Å². The summed E-state index contributed by atoms with van der Waals surface area (Å²) in [7, 11) is 0. The maximum Gasteiger partial charge on any atom is 0.425 e. The van der Waals surface area contributed by atoms with Crippen LogP contribution in [0, 0.1) is 0 Å². The monoisotopic (exact) mass is 354 g/mol. The van der Waals surface area contributed by atoms with Crippen LogP contribution in [-0.2, 0) is 10.3 Å². The summed E-state index contributed by atoms with van der Waals surface area (Å²) in [6, 6.07) is 5.66. The summed E-state index contributed by atoms with van der Waals surface area (Å²) in [5.74, 6) is 0. The van der Waals surface area contributed by atoms with Crippen LogP contribution in [-0.4, -0.2) is 25.0 Å². The molecule has 0 spiro atoms. The molecule has 2 unspecified atom stereocenters. The highest BCUT2D eigenvalue weighted by atomic mass is 79.9. The fourth-order valence-corrected chi connectivity index (χ4v) is 2.48. The molecule has 0 saturated carbocycles. The van der Waals surface area contributed by atoms with Crippen LogP contribution in [0.5, 0.6) is 0 Å². The number of benzene rings is 1. The smallest absolute Gasteiger partial charge is 0.425 e. The summed E-state index contributed by atoms with van der Waals surface area (Å²) in [6.07, 6.45) is -7.45. The zero-order valence-electron chi connectivity index (χ0n) is 10.1. The first-order chi connectivity index (χ1) is 9.27. The Balaban J connectivity index is 2.47. The van der Waals surface area contributed by atoms with E-state index >= 15 is 0 Å². The van der Waals surface area contributed by atoms with E-state index in [1.165, 1.54) is 12.1 Å². The van der Waals surface area contributed by atoms with Gasteiger partial charge in [0.05, 0.1) is 0 Å². The summed E-state index contributed by atoms with van der Waals surface area (Å²) < 4.78 is 57.1. The minimum Gasteiger partial charge on any atom is -0.452 e. The van der Waals surface area contributed by atoms with Gasteiger partial charge in [-0.2, -0.15) is 13.2 Å². The molecule has 20 heavy (non-hydrogen) atoms. The van der Waals surface area contributed by atoms with Crippen molar-refractivity contribution in [2.45, 2.75) is 24.2 Å². The van der Waals surface area contributed by atoms with Crippen LogP contribution in [0.1, 0.15) is 12.0 Å². The van der Waals surface area contributed by atoms with E-state index in [1.54, 1.807) is 12.1 Å². The quantitative estimate of drug-likeness (QED) is 0.828. The minimum atomic E-state index is -4.63. The Morgan fingerprint density at radius 3 is 2.70 bits per heavy atom. The molecule has 1 aromatic carbocycles. The molecule has 0 saturated heterocycles. The molecule has 2 atom stereocenters. The molecule has 8 heteroatoms. The molecule has 0 radical (unpaired) electrons. The van der Waals surface area contributed by atoms with Crippen LogP contribution in [0.3, 0.4) is 0 Å². The van der Waals surface area contributed by atoms with Gasteiger partial charge < -0.3 is 10.5 Å². The van der Waals surface area contributed by atoms with E-state index in [-0.39, 0.29) is 0 Å². The van der Waals surface area contributed by atoms with E-state index in [9.17, 15) is 17.6 Å². The summed E-state index contributed by atoms with van der Waals surface area (Å²) in [6.45, 7) is -1.10. The molecule has 1 aliphatic rings. The Bertz CT molecular complexity index is 534. The number of rotatable bonds is 2. The molecule has 1 aliphatic heterocycles. The minimum absolute atomic E-state index is 0.315. The maximum absolute atomic E-state index is 13.5. The van der Waals surface area contributed by atoms with Gasteiger partial charge in [0.25, 0.3) is 6.02 Å². The lowest BCUT2D eigenvalue weighted by molar-refractivity contribution is -0.209. The van der Waals surface area contributed by atoms with Crippen LogP contribution in [0.25, 0.3) is 0 Å². The molecule has 110 valence electrons. The highest BCUT2D eigenvalue weighted by Crippen LogP contribution is 2.40. The van der Waals surface area contributed by atoms with Crippen molar-refractivity contribution in [3.63, 3.8) is 0 Å². The van der Waals surface area contributed by atoms with E-state index in [2.05, 4.69) is 25.7 Å². The van der Waals surface area contributed by atoms with Gasteiger partial charge in [0.2, 0.25) is 0 Å². The van der Waals surface area contributed by atoms with Gasteiger partial charge in [0.15, 0.2) is 6.10 Å². The zero-order chi connectivity index (χ0) is 15.0. The van der Waals surface area contributed by atoms with Gasteiger partial charge in [0.1, 0.15) is 12.2 Å². The molecular weight excluding hydrogens is 344 g/mol. The second-order valence-electron chi connectivity index (χ2n) is 4.48. The van der Waals surface area contributed by atoms with Gasteiger partial charge >= 0.3 is 6.18 Å². The highest BCUT2D eigenvalue weighted by Gasteiger charge is 2.51. The molecule has 0 amide bonds. The number of nitrogens with zero attached hydrogens (tertiary/aromatic N) is 1. The average Bonchev–Trinajstić information content (AvgIpc) is 2.37. The topological polar surface area (TPSA) is 47.6 Å². The van der Waals surface area contributed by atoms with Crippen molar-refractivity contribution in [1.82, 2.24) is 0 Å². The standard InChI is InChI=1S/C12H11BrF4N2O/c13-8-3-1-2-7(4-8)11(6-14)5-9(12(15,16)17)20-10(18)19-11/h1-4,9H,5-6H2,(H2,18,19). The third kappa shape index (κ3) is 2.89. The van der Waals surface area contributed by atoms with Crippen molar-refractivity contribution in [1.29, 1.82) is 0 Å². The molecule has 1 aromatic rings. The first kappa shape index (κ1) is 15.1. The van der Waals surface area contributed by atoms with Crippen LogP contribution >= 0.6 is 15.9 Å². The molecule has 0 bridgehead atoms. The number of aliphatic imine (C=N–C) groups is 1. The summed E-state index contributed by atoms with van der Waals surface area (Å²) in [5.41, 5.74) is 3.94. The van der Waals surface area contributed by atoms with E-state index < -0.39 is 36.9 Å². The van der Waals surface area contributed by atoms with E-state index in [0.29, 0.717) is 10.0 Å². The molecule has 0 aromatic heterocycles. The second-order valence-corrected chi connectivity index (χ2v) is 5.39. The largest absolute Gasteiger partial charge is 0.452 e. The first-order valence-corrected chi connectivity index (χ1v) is 6.47. The zero-order valence-corrected chi connectivity index (χ0v) is 11.7. The van der Waals surface area contributed by atoms with Crippen LogP contribution in [0.4, 0.5) is 17.6 Å². The number of nitrogens with two attached hydrogens (primary N) is 1. The first-order valence-electron chi connectivity index (χ1n) is 5.67. The van der Waals surface area contributed by atoms with E-state index in [1.807, 2.05) is 0 Å². The van der Waals surface area contributed by atoms with Gasteiger partial charge in [-0.05, 0) is 17.7 Å². The van der Waals surface area contributed by atoms with Crippen molar-refractivity contribution in [3.05, 3.63) is 34.3 Å². The van der Waals surface area contributed by atoms with Crippen LogP contribution in [0.15, 0.2) is 33.7 Å². The Labute approximate surface area is 120 Å². The van der Waals surface area contributed by atoms with Crippen molar-refractivity contribution >= 4 is 22.0 Å². The van der Waals surface area contributed by atoms with Crippen LogP contribution in [0.2, 0.25) is 0 Å². The highest BCUT2D eigenvalue weighted by molar-refractivity contribution is 9.10. The Morgan fingerprint density at radius 2 is 2.15 bits per heavy atom. The Kier molecular flexibility index (Phi) is 3.95. The number of alkyl halides is 4. The summed E-state index contributed by atoms with van der Waals surface area (Å²) in [5, 5.41) is 0. The van der Waals surface area contributed by atoms with Crippen molar-refractivity contribution in [3.8, 4) is 0 Å². The van der Waals surface area contributed by atoms with Crippen molar-refractivity contribution in [2.24, 2.45) is 10.7 Å². The Morgan fingerprint density at radius 1 is 1.45 bits per heavy atom. The van der Waals surface area contributed by atoms with Crippen LogP contribution < -0.4 is 5.73 Å². The summed E-state index contributed by atoms with van der Waals surface area (Å²) >= 11 is 3.20. The average molecular weight is 355 g/mol. The predicted molar refractivity (Wildman–Crippen MR) is 69.0 cm³/mol. The number of amidine groups is 1. The predicted octanol–water partition coefficient (Wildman–Crippen LogP) is 3.28.